The first-order valence-corrected chi connectivity index (χ1v) is 6.55. The first-order chi connectivity index (χ1) is 8.29. The molecule has 1 heterocycles. The van der Waals surface area contributed by atoms with E-state index in [9.17, 15) is 0 Å². The lowest BCUT2D eigenvalue weighted by Crippen LogP contribution is -2.01. The van der Waals surface area contributed by atoms with Gasteiger partial charge >= 0.3 is 0 Å². The van der Waals surface area contributed by atoms with Gasteiger partial charge < -0.3 is 4.57 Å². The summed E-state index contributed by atoms with van der Waals surface area (Å²) < 4.78 is 2.21. The van der Waals surface area contributed by atoms with Crippen LogP contribution >= 0.6 is 11.6 Å². The van der Waals surface area contributed by atoms with Gasteiger partial charge in [0.2, 0.25) is 0 Å². The summed E-state index contributed by atoms with van der Waals surface area (Å²) in [5, 5.41) is 0.846. The molecule has 0 atom stereocenters. The fourth-order valence-electron chi connectivity index (χ4n) is 2.11. The fourth-order valence-corrected chi connectivity index (χ4v) is 2.30. The summed E-state index contributed by atoms with van der Waals surface area (Å²) in [6.07, 6.45) is 7.56. The normalized spacial score (nSPS) is 10.7. The fraction of sp³-hybridized carbons (Fsp3) is 0.333. The molecule has 90 valence electrons. The highest BCUT2D eigenvalue weighted by atomic mass is 35.5. The van der Waals surface area contributed by atoms with Crippen molar-refractivity contribution in [3.05, 3.63) is 58.9 Å². The number of aromatic nitrogens is 1. The molecule has 0 amide bonds. The Bertz CT molecular complexity index is 460. The zero-order valence-corrected chi connectivity index (χ0v) is 11.0. The minimum absolute atomic E-state index is 0.846. The van der Waals surface area contributed by atoms with Crippen molar-refractivity contribution in [3.63, 3.8) is 0 Å². The Balaban J connectivity index is 2.08. The van der Waals surface area contributed by atoms with Crippen LogP contribution in [0.25, 0.3) is 0 Å². The van der Waals surface area contributed by atoms with Crippen molar-refractivity contribution in [1.82, 2.24) is 4.57 Å². The van der Waals surface area contributed by atoms with Crippen molar-refractivity contribution in [2.75, 3.05) is 0 Å². The lowest BCUT2D eigenvalue weighted by Gasteiger charge is -2.10. The Morgan fingerprint density at radius 2 is 1.82 bits per heavy atom. The van der Waals surface area contributed by atoms with Crippen molar-refractivity contribution < 1.29 is 0 Å². The Kier molecular flexibility index (Phi) is 4.27. The summed E-state index contributed by atoms with van der Waals surface area (Å²) in [6, 6.07) is 10.4. The van der Waals surface area contributed by atoms with E-state index in [1.165, 1.54) is 11.1 Å². The summed E-state index contributed by atoms with van der Waals surface area (Å²) in [4.78, 5) is 0. The molecule has 0 bridgehead atoms. The van der Waals surface area contributed by atoms with Gasteiger partial charge in [0.05, 0.1) is 0 Å². The van der Waals surface area contributed by atoms with Crippen LogP contribution in [0.2, 0.25) is 5.02 Å². The first kappa shape index (κ1) is 12.3. The van der Waals surface area contributed by atoms with Gasteiger partial charge in [-0.3, -0.25) is 0 Å². The molecule has 0 N–H and O–H groups in total. The van der Waals surface area contributed by atoms with E-state index in [4.69, 9.17) is 11.6 Å². The van der Waals surface area contributed by atoms with Crippen molar-refractivity contribution in [3.8, 4) is 0 Å². The van der Waals surface area contributed by atoms with Crippen molar-refractivity contribution in [2.45, 2.75) is 32.7 Å². The molecule has 2 heteroatoms. The van der Waals surface area contributed by atoms with Gasteiger partial charge in [-0.15, -0.1) is 0 Å². The van der Waals surface area contributed by atoms with Crippen LogP contribution in [0.4, 0.5) is 0 Å². The molecule has 0 saturated heterocycles. The minimum Gasteiger partial charge on any atom is -0.354 e. The van der Waals surface area contributed by atoms with Crippen molar-refractivity contribution in [1.29, 1.82) is 0 Å². The Hall–Kier alpha value is -1.21. The molecule has 0 spiro atoms. The molecular weight excluding hydrogens is 230 g/mol. The van der Waals surface area contributed by atoms with E-state index in [-0.39, 0.29) is 0 Å². The van der Waals surface area contributed by atoms with Crippen LogP contribution in [0.3, 0.4) is 0 Å². The smallest absolute Gasteiger partial charge is 0.0408 e. The molecule has 0 fully saturated rings. The molecular formula is C15H18ClN. The molecule has 2 aromatic rings. The molecule has 1 aromatic heterocycles. The number of aryl methyl sites for hydroxylation is 3. The zero-order valence-electron chi connectivity index (χ0n) is 10.2. The predicted octanol–water partition coefficient (Wildman–Crippen LogP) is 4.34. The molecule has 0 aliphatic carbocycles. The maximum absolute atomic E-state index is 6.05. The van der Waals surface area contributed by atoms with Gasteiger partial charge in [-0.05, 0) is 48.2 Å². The van der Waals surface area contributed by atoms with Crippen LogP contribution < -0.4 is 0 Å². The average Bonchev–Trinajstić information content (AvgIpc) is 2.81. The van der Waals surface area contributed by atoms with Crippen LogP contribution in [0.15, 0.2) is 42.7 Å². The van der Waals surface area contributed by atoms with E-state index >= 15 is 0 Å². The van der Waals surface area contributed by atoms with E-state index in [0.717, 1.165) is 30.8 Å². The van der Waals surface area contributed by atoms with Gasteiger partial charge in [0.25, 0.3) is 0 Å². The second-order valence-electron chi connectivity index (χ2n) is 4.33. The number of nitrogens with zero attached hydrogens (tertiary/aromatic N) is 1. The molecule has 17 heavy (non-hydrogen) atoms. The average molecular weight is 248 g/mol. The van der Waals surface area contributed by atoms with Gasteiger partial charge in [0.15, 0.2) is 0 Å². The van der Waals surface area contributed by atoms with E-state index in [0.29, 0.717) is 0 Å². The molecule has 1 aromatic carbocycles. The van der Waals surface area contributed by atoms with Crippen molar-refractivity contribution in [2.24, 2.45) is 0 Å². The van der Waals surface area contributed by atoms with Crippen LogP contribution in [-0.4, -0.2) is 4.57 Å². The molecule has 0 saturated carbocycles. The van der Waals surface area contributed by atoms with E-state index in [1.807, 2.05) is 6.07 Å². The number of hydrogen-bond acceptors (Lipinski definition) is 0. The molecule has 0 unspecified atom stereocenters. The lowest BCUT2D eigenvalue weighted by atomic mass is 10.0. The van der Waals surface area contributed by atoms with Crippen LogP contribution in [-0.2, 0) is 19.4 Å². The highest BCUT2D eigenvalue weighted by Gasteiger charge is 2.03. The molecule has 0 radical (unpaired) electrons. The minimum atomic E-state index is 0.846. The molecule has 0 aliphatic rings. The summed E-state index contributed by atoms with van der Waals surface area (Å²) in [5.41, 5.74) is 2.82. The first-order valence-electron chi connectivity index (χ1n) is 6.17. The van der Waals surface area contributed by atoms with Crippen LogP contribution in [0, 0.1) is 0 Å². The van der Waals surface area contributed by atoms with Gasteiger partial charge in [0, 0.05) is 24.0 Å². The monoisotopic (exact) mass is 247 g/mol. The summed E-state index contributed by atoms with van der Waals surface area (Å²) in [7, 11) is 0. The maximum atomic E-state index is 6.05. The number of hydrogen-bond donors (Lipinski definition) is 0. The third kappa shape index (κ3) is 3.37. The predicted molar refractivity (Wildman–Crippen MR) is 73.6 cm³/mol. The van der Waals surface area contributed by atoms with Crippen molar-refractivity contribution >= 4 is 11.6 Å². The van der Waals surface area contributed by atoms with Gasteiger partial charge in [-0.25, -0.2) is 0 Å². The molecule has 2 rings (SSSR count). The Morgan fingerprint density at radius 1 is 1.06 bits per heavy atom. The molecule has 1 nitrogen and oxygen atoms in total. The SMILES string of the molecule is CCCc1cc(Cl)ccc1CCn1cccc1. The van der Waals surface area contributed by atoms with Gasteiger partial charge in [0.1, 0.15) is 0 Å². The zero-order chi connectivity index (χ0) is 12.1. The third-order valence-electron chi connectivity index (χ3n) is 2.99. The van der Waals surface area contributed by atoms with E-state index in [1.54, 1.807) is 0 Å². The van der Waals surface area contributed by atoms with Gasteiger partial charge in [-0.1, -0.05) is 31.0 Å². The van der Waals surface area contributed by atoms with E-state index < -0.39 is 0 Å². The highest BCUT2D eigenvalue weighted by Crippen LogP contribution is 2.18. The number of rotatable bonds is 5. The second-order valence-corrected chi connectivity index (χ2v) is 4.77. The highest BCUT2D eigenvalue weighted by molar-refractivity contribution is 6.30. The number of benzene rings is 1. The maximum Gasteiger partial charge on any atom is 0.0408 e. The second kappa shape index (κ2) is 5.92. The van der Waals surface area contributed by atoms with Gasteiger partial charge in [-0.2, -0.15) is 0 Å². The standard InChI is InChI=1S/C15H18ClN/c1-2-5-14-12-15(16)7-6-13(14)8-11-17-9-3-4-10-17/h3-4,6-7,9-10,12H,2,5,8,11H2,1H3. The third-order valence-corrected chi connectivity index (χ3v) is 3.23. The van der Waals surface area contributed by atoms with Crippen LogP contribution in [0.5, 0.6) is 0 Å². The largest absolute Gasteiger partial charge is 0.354 e. The molecule has 0 aliphatic heterocycles. The Labute approximate surface area is 108 Å². The summed E-state index contributed by atoms with van der Waals surface area (Å²) in [5.74, 6) is 0. The lowest BCUT2D eigenvalue weighted by molar-refractivity contribution is 0.695. The quantitative estimate of drug-likeness (QED) is 0.741. The number of halogens is 1. The Morgan fingerprint density at radius 3 is 2.53 bits per heavy atom. The topological polar surface area (TPSA) is 4.93 Å². The van der Waals surface area contributed by atoms with Crippen LogP contribution in [0.1, 0.15) is 24.5 Å². The van der Waals surface area contributed by atoms with E-state index in [2.05, 4.69) is 48.1 Å². The summed E-state index contributed by atoms with van der Waals surface area (Å²) >= 11 is 6.05. The summed E-state index contributed by atoms with van der Waals surface area (Å²) in [6.45, 7) is 3.24.